The minimum absolute atomic E-state index is 0.0395. The van der Waals surface area contributed by atoms with Crippen molar-refractivity contribution >= 4 is 15.7 Å². The molecule has 0 aliphatic heterocycles. The number of amides is 1. The van der Waals surface area contributed by atoms with E-state index in [0.717, 1.165) is 42.5 Å². The molecule has 3 unspecified atom stereocenters. The number of nitrogens with one attached hydrogen (secondary N) is 1. The molecule has 3 rings (SSSR count). The highest BCUT2D eigenvalue weighted by Crippen LogP contribution is 2.25. The lowest BCUT2D eigenvalue weighted by molar-refractivity contribution is -0.121. The zero-order valence-electron chi connectivity index (χ0n) is 17.0. The molecule has 152 valence electrons. The first-order chi connectivity index (χ1) is 13.2. The molecule has 28 heavy (non-hydrogen) atoms. The largest absolute Gasteiger partial charge is 0.352 e. The van der Waals surface area contributed by atoms with Gasteiger partial charge in [0.25, 0.3) is 0 Å². The van der Waals surface area contributed by atoms with E-state index in [0.29, 0.717) is 5.92 Å². The maximum absolute atomic E-state index is 13.2. The highest BCUT2D eigenvalue weighted by molar-refractivity contribution is 7.92. The summed E-state index contributed by atoms with van der Waals surface area (Å²) >= 11 is 0. The van der Waals surface area contributed by atoms with Crippen LogP contribution in [0.4, 0.5) is 0 Å². The quantitative estimate of drug-likeness (QED) is 0.830. The first kappa shape index (κ1) is 20.6. The van der Waals surface area contributed by atoms with Crippen molar-refractivity contribution in [3.63, 3.8) is 0 Å². The van der Waals surface area contributed by atoms with Crippen LogP contribution in [0.3, 0.4) is 0 Å². The van der Waals surface area contributed by atoms with E-state index >= 15 is 0 Å². The van der Waals surface area contributed by atoms with Gasteiger partial charge in [-0.05, 0) is 56.7 Å². The number of nitrogens with zero attached hydrogens (tertiary/aromatic N) is 2. The molecule has 3 atom stereocenters. The lowest BCUT2D eigenvalue weighted by Crippen LogP contribution is -2.47. The lowest BCUT2D eigenvalue weighted by Gasteiger charge is -2.30. The van der Waals surface area contributed by atoms with Crippen molar-refractivity contribution in [2.45, 2.75) is 69.8 Å². The van der Waals surface area contributed by atoms with Crippen LogP contribution in [0.5, 0.6) is 0 Å². The Morgan fingerprint density at radius 3 is 2.68 bits per heavy atom. The van der Waals surface area contributed by atoms with Crippen molar-refractivity contribution < 1.29 is 13.2 Å². The molecular formula is C21H29N3O3S. The molecule has 0 bridgehead atoms. The molecule has 0 spiro atoms. The second kappa shape index (κ2) is 8.07. The van der Waals surface area contributed by atoms with Gasteiger partial charge in [-0.3, -0.25) is 9.36 Å². The molecule has 1 amide bonds. The molecule has 1 aliphatic rings. The van der Waals surface area contributed by atoms with E-state index in [1.165, 1.54) is 13.1 Å². The summed E-state index contributed by atoms with van der Waals surface area (Å²) in [5.41, 5.74) is 2.72. The smallest absolute Gasteiger partial charge is 0.238 e. The lowest BCUT2D eigenvalue weighted by atomic mass is 9.86. The number of carbonyl (C=O) groups excluding carboxylic acids is 1. The molecule has 0 saturated heterocycles. The van der Waals surface area contributed by atoms with E-state index in [1.54, 1.807) is 10.8 Å². The second-order valence-electron chi connectivity index (χ2n) is 7.93. The number of sulfone groups is 1. The third kappa shape index (κ3) is 3.99. The zero-order valence-corrected chi connectivity index (χ0v) is 17.8. The highest BCUT2D eigenvalue weighted by atomic mass is 32.2. The number of carbonyl (C=O) groups is 1. The average molecular weight is 404 g/mol. The van der Waals surface area contributed by atoms with Gasteiger partial charge in [-0.15, -0.1) is 0 Å². The Morgan fingerprint density at radius 2 is 1.96 bits per heavy atom. The van der Waals surface area contributed by atoms with Crippen molar-refractivity contribution in [2.24, 2.45) is 5.92 Å². The van der Waals surface area contributed by atoms with E-state index in [-0.39, 0.29) is 11.2 Å². The minimum Gasteiger partial charge on any atom is -0.352 e. The fourth-order valence-electron chi connectivity index (χ4n) is 3.79. The molecule has 0 radical (unpaired) electrons. The van der Waals surface area contributed by atoms with Crippen molar-refractivity contribution in [3.8, 4) is 5.69 Å². The van der Waals surface area contributed by atoms with E-state index in [9.17, 15) is 13.2 Å². The number of imidazole rings is 1. The van der Waals surface area contributed by atoms with Gasteiger partial charge in [0.05, 0.1) is 5.69 Å². The van der Waals surface area contributed by atoms with E-state index < -0.39 is 21.0 Å². The topological polar surface area (TPSA) is 81.1 Å². The van der Waals surface area contributed by atoms with Crippen LogP contribution in [0.15, 0.2) is 35.7 Å². The molecule has 1 heterocycles. The van der Waals surface area contributed by atoms with Gasteiger partial charge in [0.1, 0.15) is 5.25 Å². The molecule has 1 aliphatic carbocycles. The van der Waals surface area contributed by atoms with Crippen molar-refractivity contribution in [1.29, 1.82) is 0 Å². The maximum atomic E-state index is 13.2. The van der Waals surface area contributed by atoms with Gasteiger partial charge < -0.3 is 5.32 Å². The number of aryl methyl sites for hydroxylation is 2. The Hall–Kier alpha value is -2.15. The van der Waals surface area contributed by atoms with Crippen molar-refractivity contribution in [3.05, 3.63) is 41.7 Å². The van der Waals surface area contributed by atoms with Crippen LogP contribution in [0, 0.1) is 19.8 Å². The fraction of sp³-hybridized carbons (Fsp3) is 0.524. The standard InChI is InChI=1S/C21H29N3O3S/c1-14-9-10-16(3)19(13-14)24-12-11-22-21(24)28(26,27)17(4)20(25)23-18-8-6-5-7-15(18)2/h9-13,15,17-18H,5-8H2,1-4H3,(H,23,25). The van der Waals surface area contributed by atoms with Gasteiger partial charge in [0.15, 0.2) is 0 Å². The molecule has 1 N–H and O–H groups in total. The van der Waals surface area contributed by atoms with E-state index in [4.69, 9.17) is 0 Å². The van der Waals surface area contributed by atoms with Gasteiger partial charge in [0.2, 0.25) is 20.9 Å². The van der Waals surface area contributed by atoms with E-state index in [1.807, 2.05) is 32.0 Å². The summed E-state index contributed by atoms with van der Waals surface area (Å²) in [5.74, 6) is -0.0844. The summed E-state index contributed by atoms with van der Waals surface area (Å²) in [7, 11) is -3.93. The number of benzene rings is 1. The first-order valence-electron chi connectivity index (χ1n) is 9.87. The van der Waals surface area contributed by atoms with Crippen LogP contribution >= 0.6 is 0 Å². The summed E-state index contributed by atoms with van der Waals surface area (Å²) < 4.78 is 28.0. The second-order valence-corrected chi connectivity index (χ2v) is 10.1. The van der Waals surface area contributed by atoms with Crippen LogP contribution in [-0.2, 0) is 14.6 Å². The van der Waals surface area contributed by atoms with Gasteiger partial charge in [-0.25, -0.2) is 13.4 Å². The third-order valence-corrected chi connectivity index (χ3v) is 7.72. The maximum Gasteiger partial charge on any atom is 0.238 e. The molecule has 1 aromatic carbocycles. The molecule has 6 nitrogen and oxygen atoms in total. The predicted molar refractivity (Wildman–Crippen MR) is 109 cm³/mol. The zero-order chi connectivity index (χ0) is 20.5. The summed E-state index contributed by atoms with van der Waals surface area (Å²) in [6, 6.07) is 5.88. The minimum atomic E-state index is -3.93. The van der Waals surface area contributed by atoms with Crippen LogP contribution in [-0.4, -0.2) is 35.2 Å². The number of hydrogen-bond acceptors (Lipinski definition) is 4. The summed E-state index contributed by atoms with van der Waals surface area (Å²) in [4.78, 5) is 16.8. The fourth-order valence-corrected chi connectivity index (χ4v) is 5.10. The molecule has 1 aromatic heterocycles. The Bertz CT molecular complexity index is 965. The van der Waals surface area contributed by atoms with Crippen LogP contribution < -0.4 is 5.32 Å². The Balaban J connectivity index is 1.88. The third-order valence-electron chi connectivity index (χ3n) is 5.76. The van der Waals surface area contributed by atoms with Crippen LogP contribution in [0.1, 0.15) is 50.7 Å². The van der Waals surface area contributed by atoms with Gasteiger partial charge in [0, 0.05) is 18.4 Å². The SMILES string of the molecule is Cc1ccc(C)c(-n2ccnc2S(=O)(=O)C(C)C(=O)NC2CCCCC2C)c1. The van der Waals surface area contributed by atoms with Crippen LogP contribution in [0.25, 0.3) is 5.69 Å². The number of aromatic nitrogens is 2. The predicted octanol–water partition coefficient (Wildman–Crippen LogP) is 3.35. The number of hydrogen-bond donors (Lipinski definition) is 1. The monoisotopic (exact) mass is 403 g/mol. The molecule has 1 saturated carbocycles. The average Bonchev–Trinajstić information content (AvgIpc) is 3.15. The Labute approximate surface area is 167 Å². The Morgan fingerprint density at radius 1 is 1.25 bits per heavy atom. The highest BCUT2D eigenvalue weighted by Gasteiger charge is 2.35. The van der Waals surface area contributed by atoms with Crippen LogP contribution in [0.2, 0.25) is 0 Å². The van der Waals surface area contributed by atoms with Crippen molar-refractivity contribution in [1.82, 2.24) is 14.9 Å². The Kier molecular flexibility index (Phi) is 5.93. The first-order valence-corrected chi connectivity index (χ1v) is 11.4. The van der Waals surface area contributed by atoms with E-state index in [2.05, 4.69) is 17.2 Å². The summed E-state index contributed by atoms with van der Waals surface area (Å²) in [6.45, 7) is 7.43. The molecule has 7 heteroatoms. The molecule has 1 fully saturated rings. The van der Waals surface area contributed by atoms with Gasteiger partial charge in [-0.1, -0.05) is 31.9 Å². The van der Waals surface area contributed by atoms with Gasteiger partial charge >= 0.3 is 0 Å². The van der Waals surface area contributed by atoms with Gasteiger partial charge in [-0.2, -0.15) is 0 Å². The normalized spacial score (nSPS) is 21.3. The molecular weight excluding hydrogens is 374 g/mol. The summed E-state index contributed by atoms with van der Waals surface area (Å²) in [5, 5.41) is 1.66. The summed E-state index contributed by atoms with van der Waals surface area (Å²) in [6.07, 6.45) is 7.27. The molecule has 2 aromatic rings. The number of rotatable bonds is 5. The van der Waals surface area contributed by atoms with Crippen molar-refractivity contribution in [2.75, 3.05) is 0 Å².